The Morgan fingerprint density at radius 3 is 2.78 bits per heavy atom. The fourth-order valence-corrected chi connectivity index (χ4v) is 4.04. The van der Waals surface area contributed by atoms with Crippen molar-refractivity contribution in [2.75, 3.05) is 18.4 Å². The molecule has 1 saturated heterocycles. The van der Waals surface area contributed by atoms with Crippen LogP contribution >= 0.6 is 0 Å². The van der Waals surface area contributed by atoms with Gasteiger partial charge in [-0.1, -0.05) is 0 Å². The predicted octanol–water partition coefficient (Wildman–Crippen LogP) is 1.39. The van der Waals surface area contributed by atoms with Crippen LogP contribution in [0.25, 0.3) is 22.6 Å². The third kappa shape index (κ3) is 3.55. The molecule has 0 aliphatic carbocycles. The van der Waals surface area contributed by atoms with Gasteiger partial charge in [-0.3, -0.25) is 0 Å². The first-order chi connectivity index (χ1) is 15.5. The molecule has 0 bridgehead atoms. The predicted molar refractivity (Wildman–Crippen MR) is 117 cm³/mol. The number of imidazole rings is 2. The molecule has 164 valence electrons. The lowest BCUT2D eigenvalue weighted by atomic mass is 10.2. The van der Waals surface area contributed by atoms with Gasteiger partial charge in [0.25, 0.3) is 6.33 Å². The van der Waals surface area contributed by atoms with Gasteiger partial charge in [-0.05, 0) is 20.3 Å². The summed E-state index contributed by atoms with van der Waals surface area (Å²) in [7, 11) is 1.89. The highest BCUT2D eigenvalue weighted by Gasteiger charge is 2.30. The van der Waals surface area contributed by atoms with E-state index in [-0.39, 0.29) is 12.1 Å². The zero-order valence-corrected chi connectivity index (χ0v) is 18.3. The molecular weight excluding hydrogens is 408 g/mol. The maximum atomic E-state index is 12.7. The lowest BCUT2D eigenvalue weighted by Gasteiger charge is -2.15. The molecule has 5 rings (SSSR count). The molecule has 1 unspecified atom stereocenters. The van der Waals surface area contributed by atoms with Gasteiger partial charge in [-0.15, -0.1) is 0 Å². The van der Waals surface area contributed by atoms with Crippen molar-refractivity contribution in [1.82, 2.24) is 39.0 Å². The summed E-state index contributed by atoms with van der Waals surface area (Å²) in [4.78, 5) is 36.9. The Morgan fingerprint density at radius 2 is 2.06 bits per heavy atom. The second kappa shape index (κ2) is 7.98. The van der Waals surface area contributed by atoms with Gasteiger partial charge >= 0.3 is 6.03 Å². The Morgan fingerprint density at radius 1 is 1.25 bits per heavy atom. The van der Waals surface area contributed by atoms with Gasteiger partial charge < -0.3 is 14.8 Å². The SMILES string of the molecule is CCn1c(-c2cnc(C)nc2)nc2c(NC3CCN(C(=O)n4cc[n+](C)c4)C3)ncnc21. The number of hydrogen-bond donors (Lipinski definition) is 1. The molecule has 5 heterocycles. The van der Waals surface area contributed by atoms with Gasteiger partial charge in [-0.25, -0.2) is 34.3 Å². The fourth-order valence-electron chi connectivity index (χ4n) is 4.04. The van der Waals surface area contributed by atoms with Crippen LogP contribution in [0.1, 0.15) is 19.2 Å². The lowest BCUT2D eigenvalue weighted by Crippen LogP contribution is -2.35. The number of carbonyl (C=O) groups is 1. The van der Waals surface area contributed by atoms with Gasteiger partial charge in [-0.2, -0.15) is 4.57 Å². The molecular formula is C21H25N10O+. The second-order valence-corrected chi connectivity index (χ2v) is 7.94. The van der Waals surface area contributed by atoms with Gasteiger partial charge in [0.05, 0.1) is 12.6 Å². The van der Waals surface area contributed by atoms with Gasteiger partial charge in [0.1, 0.15) is 30.4 Å². The van der Waals surface area contributed by atoms with E-state index in [1.54, 1.807) is 35.8 Å². The molecule has 1 aliphatic heterocycles. The lowest BCUT2D eigenvalue weighted by molar-refractivity contribution is -0.670. The Bertz CT molecular complexity index is 1280. The number of anilines is 1. The number of likely N-dealkylation sites (tertiary alicyclic amines) is 1. The average molecular weight is 434 g/mol. The van der Waals surface area contributed by atoms with Crippen LogP contribution in [-0.4, -0.2) is 64.1 Å². The van der Waals surface area contributed by atoms with Crippen molar-refractivity contribution in [1.29, 1.82) is 0 Å². The first-order valence-electron chi connectivity index (χ1n) is 10.6. The Hall–Kier alpha value is -3.89. The van der Waals surface area contributed by atoms with Crippen LogP contribution in [0.15, 0.2) is 37.4 Å². The minimum Gasteiger partial charge on any atom is -0.364 e. The average Bonchev–Trinajstić information content (AvgIpc) is 3.52. The molecule has 0 radical (unpaired) electrons. The molecule has 1 aliphatic rings. The minimum atomic E-state index is -0.0281. The van der Waals surface area contributed by atoms with Crippen LogP contribution in [0.2, 0.25) is 0 Å². The van der Waals surface area contributed by atoms with Crippen molar-refractivity contribution in [2.45, 2.75) is 32.9 Å². The Balaban J connectivity index is 1.40. The van der Waals surface area contributed by atoms with Crippen LogP contribution in [0.3, 0.4) is 0 Å². The molecule has 11 heteroatoms. The summed E-state index contributed by atoms with van der Waals surface area (Å²) >= 11 is 0. The first kappa shape index (κ1) is 20.0. The summed E-state index contributed by atoms with van der Waals surface area (Å²) in [5, 5.41) is 3.48. The Kier molecular flexibility index (Phi) is 5.00. The maximum Gasteiger partial charge on any atom is 0.415 e. The maximum absolute atomic E-state index is 12.7. The third-order valence-electron chi connectivity index (χ3n) is 5.68. The summed E-state index contributed by atoms with van der Waals surface area (Å²) in [6, 6.07) is 0.0546. The number of fused-ring (bicyclic) bond motifs is 1. The molecule has 1 N–H and O–H groups in total. The smallest absolute Gasteiger partial charge is 0.364 e. The molecule has 11 nitrogen and oxygen atoms in total. The topological polar surface area (TPSA) is 111 Å². The number of hydrogen-bond acceptors (Lipinski definition) is 7. The van der Waals surface area contributed by atoms with E-state index in [0.717, 1.165) is 23.5 Å². The van der Waals surface area contributed by atoms with E-state index in [2.05, 4.69) is 32.2 Å². The van der Waals surface area contributed by atoms with E-state index >= 15 is 0 Å². The van der Waals surface area contributed by atoms with Crippen LogP contribution in [0, 0.1) is 6.92 Å². The summed E-state index contributed by atoms with van der Waals surface area (Å²) in [5.41, 5.74) is 2.29. The second-order valence-electron chi connectivity index (χ2n) is 7.94. The standard InChI is InChI=1S/C21H25N10O/c1-4-31-19(15-9-22-14(2)23-10-15)27-17-18(24-12-25-20(17)31)26-16-5-6-29(11-16)21(32)30-8-7-28(3)13-30/h7-10,12-13,16H,4-6,11H2,1-3H3,(H,24,25,26)/q+1. The van der Waals surface area contributed by atoms with E-state index < -0.39 is 0 Å². The quantitative estimate of drug-likeness (QED) is 0.484. The van der Waals surface area contributed by atoms with Crippen LogP contribution in [0.5, 0.6) is 0 Å². The number of nitrogens with one attached hydrogen (secondary N) is 1. The van der Waals surface area contributed by atoms with Crippen LogP contribution in [-0.2, 0) is 13.6 Å². The van der Waals surface area contributed by atoms with Crippen molar-refractivity contribution in [3.05, 3.63) is 43.3 Å². The largest absolute Gasteiger partial charge is 0.415 e. The molecule has 4 aromatic rings. The number of carbonyl (C=O) groups excluding carboxylic acids is 1. The monoisotopic (exact) mass is 433 g/mol. The van der Waals surface area contributed by atoms with Gasteiger partial charge in [0.15, 0.2) is 17.0 Å². The normalized spacial score (nSPS) is 16.1. The highest BCUT2D eigenvalue weighted by atomic mass is 16.2. The van der Waals surface area contributed by atoms with Crippen molar-refractivity contribution in [3.8, 4) is 11.4 Å². The third-order valence-corrected chi connectivity index (χ3v) is 5.68. The minimum absolute atomic E-state index is 0.0281. The zero-order valence-electron chi connectivity index (χ0n) is 18.3. The van der Waals surface area contributed by atoms with Crippen molar-refractivity contribution in [2.24, 2.45) is 7.05 Å². The highest BCUT2D eigenvalue weighted by molar-refractivity contribution is 5.86. The van der Waals surface area contributed by atoms with E-state index in [9.17, 15) is 4.79 Å². The van der Waals surface area contributed by atoms with Crippen molar-refractivity contribution in [3.63, 3.8) is 0 Å². The van der Waals surface area contributed by atoms with E-state index in [1.807, 2.05) is 34.2 Å². The number of amides is 1. The van der Waals surface area contributed by atoms with E-state index in [4.69, 9.17) is 4.98 Å². The molecule has 0 aromatic carbocycles. The van der Waals surface area contributed by atoms with E-state index in [0.29, 0.717) is 36.8 Å². The number of rotatable bonds is 4. The van der Waals surface area contributed by atoms with E-state index in [1.165, 1.54) is 0 Å². The van der Waals surface area contributed by atoms with Crippen LogP contribution < -0.4 is 9.88 Å². The molecule has 0 saturated carbocycles. The number of nitrogens with zero attached hydrogens (tertiary/aromatic N) is 9. The molecule has 1 amide bonds. The van der Waals surface area contributed by atoms with Gasteiger partial charge in [0, 0.05) is 38.1 Å². The summed E-state index contributed by atoms with van der Waals surface area (Å²) in [6.07, 6.45) is 11.3. The van der Waals surface area contributed by atoms with Crippen molar-refractivity contribution >= 4 is 23.0 Å². The molecule has 1 atom stereocenters. The number of aryl methyl sites for hydroxylation is 3. The summed E-state index contributed by atoms with van der Waals surface area (Å²) in [6.45, 7) is 5.89. The van der Waals surface area contributed by atoms with Crippen LogP contribution in [0.4, 0.5) is 10.6 Å². The number of aromatic nitrogens is 8. The molecule has 4 aromatic heterocycles. The van der Waals surface area contributed by atoms with Gasteiger partial charge in [0.2, 0.25) is 0 Å². The zero-order chi connectivity index (χ0) is 22.2. The fraction of sp³-hybridized carbons (Fsp3) is 0.381. The molecule has 1 fully saturated rings. The molecule has 0 spiro atoms. The summed E-state index contributed by atoms with van der Waals surface area (Å²) in [5.74, 6) is 2.14. The molecule has 32 heavy (non-hydrogen) atoms. The summed E-state index contributed by atoms with van der Waals surface area (Å²) < 4.78 is 5.49. The first-order valence-corrected chi connectivity index (χ1v) is 10.6. The van der Waals surface area contributed by atoms with Crippen molar-refractivity contribution < 1.29 is 9.36 Å². The Labute approximate surface area is 184 Å². The highest BCUT2D eigenvalue weighted by Crippen LogP contribution is 2.27.